The van der Waals surface area contributed by atoms with Gasteiger partial charge in [0.25, 0.3) is 0 Å². The molecule has 3 heteroatoms. The molecule has 0 aliphatic heterocycles. The molecule has 0 fully saturated rings. The van der Waals surface area contributed by atoms with E-state index in [1.165, 1.54) is 11.3 Å². The lowest BCUT2D eigenvalue weighted by Gasteiger charge is -1.93. The fourth-order valence-electron chi connectivity index (χ4n) is 1.26. The molecule has 0 saturated heterocycles. The standard InChI is InChI=1S/C11H7BOS/c12-11-9(7-13)6-10(14-11)8-4-2-1-3-5-8/h1-7H. The zero-order chi connectivity index (χ0) is 9.97. The lowest BCUT2D eigenvalue weighted by molar-refractivity contribution is 0.112. The summed E-state index contributed by atoms with van der Waals surface area (Å²) in [6, 6.07) is 11.7. The quantitative estimate of drug-likeness (QED) is 0.532. The fourth-order valence-corrected chi connectivity index (χ4v) is 2.16. The van der Waals surface area contributed by atoms with E-state index in [1.54, 1.807) is 0 Å². The maximum absolute atomic E-state index is 10.6. The molecule has 2 radical (unpaired) electrons. The van der Waals surface area contributed by atoms with Gasteiger partial charge >= 0.3 is 0 Å². The third kappa shape index (κ3) is 1.63. The number of thiophene rings is 1. The molecule has 0 unspecified atom stereocenters. The SMILES string of the molecule is [B]c1sc(-c2ccccc2)cc1C=O. The van der Waals surface area contributed by atoms with E-state index in [9.17, 15) is 4.79 Å². The summed E-state index contributed by atoms with van der Waals surface area (Å²) in [5.41, 5.74) is 1.67. The molecular weight excluding hydrogens is 191 g/mol. The highest BCUT2D eigenvalue weighted by molar-refractivity contribution is 7.23. The summed E-state index contributed by atoms with van der Waals surface area (Å²) in [5, 5.41) is 0. The lowest BCUT2D eigenvalue weighted by Crippen LogP contribution is -2.00. The summed E-state index contributed by atoms with van der Waals surface area (Å²) in [5.74, 6) is 0. The normalized spacial score (nSPS) is 10.0. The van der Waals surface area contributed by atoms with Crippen molar-refractivity contribution in [2.45, 2.75) is 0 Å². The van der Waals surface area contributed by atoms with E-state index in [4.69, 9.17) is 7.85 Å². The Bertz CT molecular complexity index is 448. The Morgan fingerprint density at radius 3 is 2.50 bits per heavy atom. The van der Waals surface area contributed by atoms with E-state index in [2.05, 4.69) is 0 Å². The first kappa shape index (κ1) is 9.22. The van der Waals surface area contributed by atoms with Crippen LogP contribution in [0.25, 0.3) is 10.4 Å². The second kappa shape index (κ2) is 3.80. The van der Waals surface area contributed by atoms with E-state index in [-0.39, 0.29) is 0 Å². The summed E-state index contributed by atoms with van der Waals surface area (Å²) in [6.07, 6.45) is 0.790. The molecule has 0 N–H and O–H groups in total. The minimum absolute atomic E-state index is 0.578. The second-order valence-corrected chi connectivity index (χ2v) is 4.00. The van der Waals surface area contributed by atoms with E-state index < -0.39 is 0 Å². The minimum Gasteiger partial charge on any atom is -0.298 e. The predicted octanol–water partition coefficient (Wildman–Crippen LogP) is 2.02. The van der Waals surface area contributed by atoms with Gasteiger partial charge in [-0.15, -0.1) is 0 Å². The molecule has 2 aromatic rings. The molecule has 2 rings (SSSR count). The van der Waals surface area contributed by atoms with Crippen molar-refractivity contribution in [3.05, 3.63) is 42.0 Å². The van der Waals surface area contributed by atoms with Gasteiger partial charge in [0.05, 0.1) is 0 Å². The van der Waals surface area contributed by atoms with Gasteiger partial charge in [0.2, 0.25) is 0 Å². The van der Waals surface area contributed by atoms with Crippen LogP contribution >= 0.6 is 11.3 Å². The fraction of sp³-hybridized carbons (Fsp3) is 0. The second-order valence-electron chi connectivity index (χ2n) is 2.91. The molecule has 14 heavy (non-hydrogen) atoms. The number of benzene rings is 1. The van der Waals surface area contributed by atoms with Gasteiger partial charge in [-0.1, -0.05) is 30.3 Å². The van der Waals surface area contributed by atoms with Crippen molar-refractivity contribution in [1.29, 1.82) is 0 Å². The van der Waals surface area contributed by atoms with Crippen molar-refractivity contribution < 1.29 is 4.79 Å². The molecule has 0 spiro atoms. The van der Waals surface area contributed by atoms with Crippen LogP contribution in [0.1, 0.15) is 10.4 Å². The van der Waals surface area contributed by atoms with Gasteiger partial charge in [-0.05, 0) is 16.4 Å². The molecule has 1 nitrogen and oxygen atoms in total. The highest BCUT2D eigenvalue weighted by Crippen LogP contribution is 2.24. The lowest BCUT2D eigenvalue weighted by atomic mass is 10.0. The Kier molecular flexibility index (Phi) is 2.50. The molecule has 66 valence electrons. The van der Waals surface area contributed by atoms with Crippen LogP contribution in [0, 0.1) is 0 Å². The third-order valence-corrected chi connectivity index (χ3v) is 3.01. The monoisotopic (exact) mass is 198 g/mol. The van der Waals surface area contributed by atoms with Gasteiger partial charge in [0, 0.05) is 10.4 Å². The average Bonchev–Trinajstić information content (AvgIpc) is 2.61. The number of carbonyl (C=O) groups excluding carboxylic acids is 1. The molecule has 1 heterocycles. The largest absolute Gasteiger partial charge is 0.298 e. The van der Waals surface area contributed by atoms with Crippen LogP contribution in [0.2, 0.25) is 0 Å². The molecular formula is C11H7BOS. The van der Waals surface area contributed by atoms with Crippen LogP contribution in [0.5, 0.6) is 0 Å². The van der Waals surface area contributed by atoms with Crippen molar-refractivity contribution in [3.8, 4) is 10.4 Å². The first-order valence-corrected chi connectivity index (χ1v) is 5.03. The molecule has 0 saturated carbocycles. The van der Waals surface area contributed by atoms with Crippen molar-refractivity contribution >= 4 is 30.2 Å². The molecule has 0 aliphatic carbocycles. The van der Waals surface area contributed by atoms with E-state index >= 15 is 0 Å². The van der Waals surface area contributed by atoms with Crippen LogP contribution < -0.4 is 4.78 Å². The van der Waals surface area contributed by atoms with Crippen molar-refractivity contribution in [1.82, 2.24) is 0 Å². The number of hydrogen-bond donors (Lipinski definition) is 0. The van der Waals surface area contributed by atoms with Gasteiger partial charge in [-0.2, -0.15) is 11.3 Å². The zero-order valence-electron chi connectivity index (χ0n) is 7.44. The van der Waals surface area contributed by atoms with Crippen LogP contribution in [0.4, 0.5) is 0 Å². The van der Waals surface area contributed by atoms with Crippen molar-refractivity contribution in [3.63, 3.8) is 0 Å². The molecule has 0 aliphatic rings. The van der Waals surface area contributed by atoms with Gasteiger partial charge in [-0.3, -0.25) is 4.79 Å². The first-order chi connectivity index (χ1) is 6.81. The van der Waals surface area contributed by atoms with E-state index in [1.807, 2.05) is 36.4 Å². The van der Waals surface area contributed by atoms with Crippen LogP contribution in [0.15, 0.2) is 36.4 Å². The summed E-state index contributed by atoms with van der Waals surface area (Å²) in [6.45, 7) is 0. The highest BCUT2D eigenvalue weighted by Gasteiger charge is 2.04. The summed E-state index contributed by atoms with van der Waals surface area (Å²) >= 11 is 1.44. The van der Waals surface area contributed by atoms with Gasteiger partial charge in [0.1, 0.15) is 14.1 Å². The van der Waals surface area contributed by atoms with Gasteiger partial charge < -0.3 is 0 Å². The van der Waals surface area contributed by atoms with E-state index in [0.717, 1.165) is 16.7 Å². The number of carbonyl (C=O) groups is 1. The summed E-state index contributed by atoms with van der Waals surface area (Å²) in [7, 11) is 5.68. The summed E-state index contributed by atoms with van der Waals surface area (Å²) in [4.78, 5) is 11.6. The molecule has 0 atom stereocenters. The molecule has 1 aromatic heterocycles. The average molecular weight is 198 g/mol. The minimum atomic E-state index is 0.578. The Balaban J connectivity index is 2.48. The van der Waals surface area contributed by atoms with Crippen LogP contribution in [-0.4, -0.2) is 14.1 Å². The topological polar surface area (TPSA) is 17.1 Å². The number of hydrogen-bond acceptors (Lipinski definition) is 2. The predicted molar refractivity (Wildman–Crippen MR) is 60.5 cm³/mol. The van der Waals surface area contributed by atoms with Crippen molar-refractivity contribution in [2.75, 3.05) is 0 Å². The van der Waals surface area contributed by atoms with Gasteiger partial charge in [-0.25, -0.2) is 0 Å². The Labute approximate surface area is 87.8 Å². The Morgan fingerprint density at radius 1 is 1.21 bits per heavy atom. The maximum atomic E-state index is 10.6. The Morgan fingerprint density at radius 2 is 1.93 bits per heavy atom. The first-order valence-electron chi connectivity index (χ1n) is 4.21. The van der Waals surface area contributed by atoms with E-state index in [0.29, 0.717) is 10.3 Å². The number of rotatable bonds is 2. The summed E-state index contributed by atoms with van der Waals surface area (Å²) < 4.78 is 0.582. The molecule has 0 amide bonds. The molecule has 1 aromatic carbocycles. The third-order valence-electron chi connectivity index (χ3n) is 1.98. The molecule has 0 bridgehead atoms. The van der Waals surface area contributed by atoms with Crippen LogP contribution in [0.3, 0.4) is 0 Å². The zero-order valence-corrected chi connectivity index (χ0v) is 8.25. The van der Waals surface area contributed by atoms with Crippen molar-refractivity contribution in [2.24, 2.45) is 0 Å². The smallest absolute Gasteiger partial charge is 0.150 e. The maximum Gasteiger partial charge on any atom is 0.150 e. The Hall–Kier alpha value is -1.35. The van der Waals surface area contributed by atoms with Crippen LogP contribution in [-0.2, 0) is 0 Å². The van der Waals surface area contributed by atoms with Gasteiger partial charge in [0.15, 0.2) is 0 Å². The highest BCUT2D eigenvalue weighted by atomic mass is 32.1. The number of aldehydes is 1.